The predicted octanol–water partition coefficient (Wildman–Crippen LogP) is 3.52. The zero-order valence-electron chi connectivity index (χ0n) is 16.8. The van der Waals surface area contributed by atoms with Gasteiger partial charge in [-0.25, -0.2) is 0 Å². The van der Waals surface area contributed by atoms with Crippen LogP contribution in [0.25, 0.3) is 10.9 Å². The molecule has 0 bridgehead atoms. The Balaban J connectivity index is 1.52. The van der Waals surface area contributed by atoms with Crippen molar-refractivity contribution >= 4 is 28.4 Å². The van der Waals surface area contributed by atoms with E-state index in [4.69, 9.17) is 16.3 Å². The van der Waals surface area contributed by atoms with Crippen LogP contribution in [0.3, 0.4) is 0 Å². The monoisotopic (exact) mass is 413 g/mol. The van der Waals surface area contributed by atoms with Crippen LogP contribution in [0, 0.1) is 6.92 Å². The molecule has 6 nitrogen and oxygen atoms in total. The van der Waals surface area contributed by atoms with E-state index >= 15 is 0 Å². The van der Waals surface area contributed by atoms with Gasteiger partial charge in [-0.15, -0.1) is 0 Å². The maximum absolute atomic E-state index is 13.2. The molecule has 0 unspecified atom stereocenters. The summed E-state index contributed by atoms with van der Waals surface area (Å²) >= 11 is 5.92. The SMILES string of the molecule is Cc1cn(C)c(=O)c2c(C(=O)N3CCC(Oc4ccc(Cl)cc4)CC3)cn(C)c12. The number of fused-ring (bicyclic) bond motifs is 1. The van der Waals surface area contributed by atoms with Gasteiger partial charge >= 0.3 is 0 Å². The smallest absolute Gasteiger partial charge is 0.260 e. The predicted molar refractivity (Wildman–Crippen MR) is 114 cm³/mol. The molecule has 0 atom stereocenters. The number of pyridine rings is 1. The zero-order chi connectivity index (χ0) is 20.7. The molecule has 1 aliphatic heterocycles. The number of nitrogens with zero attached hydrogens (tertiary/aromatic N) is 3. The molecule has 152 valence electrons. The first-order valence-corrected chi connectivity index (χ1v) is 10.1. The Hall–Kier alpha value is -2.73. The van der Waals surface area contributed by atoms with Crippen molar-refractivity contribution in [3.8, 4) is 5.75 Å². The summed E-state index contributed by atoms with van der Waals surface area (Å²) in [7, 11) is 3.59. The number of hydrogen-bond donors (Lipinski definition) is 0. The molecule has 29 heavy (non-hydrogen) atoms. The van der Waals surface area contributed by atoms with Gasteiger partial charge in [0.25, 0.3) is 11.5 Å². The third-order valence-electron chi connectivity index (χ3n) is 5.55. The van der Waals surface area contributed by atoms with Gasteiger partial charge in [0.15, 0.2) is 0 Å². The Morgan fingerprint density at radius 1 is 1.07 bits per heavy atom. The second-order valence-electron chi connectivity index (χ2n) is 7.67. The maximum Gasteiger partial charge on any atom is 0.260 e. The lowest BCUT2D eigenvalue weighted by atomic mass is 10.1. The van der Waals surface area contributed by atoms with E-state index in [-0.39, 0.29) is 17.6 Å². The molecule has 0 saturated carbocycles. The third-order valence-corrected chi connectivity index (χ3v) is 5.80. The average Bonchev–Trinajstić information content (AvgIpc) is 3.06. The van der Waals surface area contributed by atoms with E-state index in [2.05, 4.69) is 0 Å². The van der Waals surface area contributed by atoms with Crippen LogP contribution in [0.4, 0.5) is 0 Å². The van der Waals surface area contributed by atoms with Gasteiger partial charge in [-0.3, -0.25) is 9.59 Å². The van der Waals surface area contributed by atoms with E-state index in [0.29, 0.717) is 29.1 Å². The number of aromatic nitrogens is 2. The number of amides is 1. The van der Waals surface area contributed by atoms with E-state index in [1.54, 1.807) is 36.1 Å². The van der Waals surface area contributed by atoms with E-state index in [1.807, 2.05) is 35.6 Å². The largest absolute Gasteiger partial charge is 0.490 e. The zero-order valence-corrected chi connectivity index (χ0v) is 17.6. The minimum absolute atomic E-state index is 0.0582. The highest BCUT2D eigenvalue weighted by atomic mass is 35.5. The standard InChI is InChI=1S/C22H24ClN3O3/c1-14-12-25(3)22(28)19-18(13-24(2)20(14)19)21(27)26-10-8-17(9-11-26)29-16-6-4-15(23)5-7-16/h4-7,12-13,17H,8-11H2,1-3H3. The molecule has 0 radical (unpaired) electrons. The van der Waals surface area contributed by atoms with Crippen LogP contribution >= 0.6 is 11.6 Å². The van der Waals surface area contributed by atoms with Crippen LogP contribution in [-0.2, 0) is 14.1 Å². The fourth-order valence-corrected chi connectivity index (χ4v) is 4.25. The maximum atomic E-state index is 13.2. The first-order valence-electron chi connectivity index (χ1n) is 9.72. The van der Waals surface area contributed by atoms with Gasteiger partial charge in [0.2, 0.25) is 0 Å². The fourth-order valence-electron chi connectivity index (χ4n) is 4.12. The van der Waals surface area contributed by atoms with Gasteiger partial charge in [0.05, 0.1) is 16.5 Å². The van der Waals surface area contributed by atoms with Crippen molar-refractivity contribution in [2.24, 2.45) is 14.1 Å². The van der Waals surface area contributed by atoms with Crippen LogP contribution in [0.1, 0.15) is 28.8 Å². The number of hydrogen-bond acceptors (Lipinski definition) is 3. The van der Waals surface area contributed by atoms with Crippen LogP contribution in [0.2, 0.25) is 5.02 Å². The van der Waals surface area contributed by atoms with Gasteiger partial charge in [-0.05, 0) is 36.8 Å². The molecule has 1 amide bonds. The number of ether oxygens (including phenoxy) is 1. The van der Waals surface area contributed by atoms with Crippen molar-refractivity contribution in [2.45, 2.75) is 25.9 Å². The van der Waals surface area contributed by atoms with E-state index < -0.39 is 0 Å². The average molecular weight is 414 g/mol. The second kappa shape index (κ2) is 7.59. The Morgan fingerprint density at radius 3 is 2.38 bits per heavy atom. The molecule has 2 aromatic heterocycles. The number of benzene rings is 1. The molecule has 1 saturated heterocycles. The Kier molecular flexibility index (Phi) is 5.13. The summed E-state index contributed by atoms with van der Waals surface area (Å²) in [6, 6.07) is 7.32. The summed E-state index contributed by atoms with van der Waals surface area (Å²) in [5.41, 5.74) is 2.12. The second-order valence-corrected chi connectivity index (χ2v) is 8.11. The van der Waals surface area contributed by atoms with Crippen molar-refractivity contribution in [2.75, 3.05) is 13.1 Å². The van der Waals surface area contributed by atoms with Crippen LogP contribution in [0.5, 0.6) is 5.75 Å². The molecule has 7 heteroatoms. The molecule has 3 aromatic rings. The Bertz CT molecular complexity index is 1120. The first kappa shape index (κ1) is 19.6. The third kappa shape index (κ3) is 3.65. The topological polar surface area (TPSA) is 56.5 Å². The summed E-state index contributed by atoms with van der Waals surface area (Å²) in [5.74, 6) is 0.690. The molecule has 3 heterocycles. The van der Waals surface area contributed by atoms with Crippen molar-refractivity contribution in [3.05, 3.63) is 63.2 Å². The van der Waals surface area contributed by atoms with Gasteiger partial charge in [-0.1, -0.05) is 11.6 Å². The summed E-state index contributed by atoms with van der Waals surface area (Å²) in [4.78, 5) is 27.8. The summed E-state index contributed by atoms with van der Waals surface area (Å²) in [6.07, 6.45) is 5.13. The number of rotatable bonds is 3. The van der Waals surface area contributed by atoms with Crippen LogP contribution in [-0.4, -0.2) is 39.1 Å². The quantitative estimate of drug-likeness (QED) is 0.660. The molecule has 1 fully saturated rings. The van der Waals surface area contributed by atoms with Crippen molar-refractivity contribution in [1.82, 2.24) is 14.0 Å². The highest BCUT2D eigenvalue weighted by Crippen LogP contribution is 2.25. The molecular weight excluding hydrogens is 390 g/mol. The number of carbonyl (C=O) groups excluding carboxylic acids is 1. The van der Waals surface area contributed by atoms with Crippen LogP contribution in [0.15, 0.2) is 41.5 Å². The lowest BCUT2D eigenvalue weighted by Gasteiger charge is -2.32. The highest BCUT2D eigenvalue weighted by Gasteiger charge is 2.28. The summed E-state index contributed by atoms with van der Waals surface area (Å²) in [6.45, 7) is 3.15. The molecule has 1 aromatic carbocycles. The number of piperidine rings is 1. The molecule has 0 spiro atoms. The lowest BCUT2D eigenvalue weighted by Crippen LogP contribution is -2.42. The first-order chi connectivity index (χ1) is 13.8. The van der Waals surface area contributed by atoms with E-state index in [0.717, 1.165) is 29.7 Å². The summed E-state index contributed by atoms with van der Waals surface area (Å²) in [5, 5.41) is 1.17. The van der Waals surface area contributed by atoms with Crippen molar-refractivity contribution in [1.29, 1.82) is 0 Å². The molecule has 4 rings (SSSR count). The minimum Gasteiger partial charge on any atom is -0.490 e. The highest BCUT2D eigenvalue weighted by molar-refractivity contribution is 6.30. The lowest BCUT2D eigenvalue weighted by molar-refractivity contribution is 0.0597. The summed E-state index contributed by atoms with van der Waals surface area (Å²) < 4.78 is 9.43. The number of carbonyl (C=O) groups is 1. The Morgan fingerprint density at radius 2 is 1.72 bits per heavy atom. The normalized spacial score (nSPS) is 15.1. The fraction of sp³-hybridized carbons (Fsp3) is 0.364. The van der Waals surface area contributed by atoms with Gasteiger partial charge in [0.1, 0.15) is 11.9 Å². The minimum atomic E-state index is -0.143. The number of likely N-dealkylation sites (tertiary alicyclic amines) is 1. The molecule has 0 N–H and O–H groups in total. The number of halogens is 1. The van der Waals surface area contributed by atoms with E-state index in [9.17, 15) is 9.59 Å². The van der Waals surface area contributed by atoms with Gasteiger partial charge < -0.3 is 18.8 Å². The van der Waals surface area contributed by atoms with Crippen molar-refractivity contribution in [3.63, 3.8) is 0 Å². The molecular formula is C22H24ClN3O3. The Labute approximate surface area is 174 Å². The van der Waals surface area contributed by atoms with Gasteiger partial charge in [0, 0.05) is 57.4 Å². The van der Waals surface area contributed by atoms with E-state index in [1.165, 1.54) is 0 Å². The number of aryl methyl sites for hydroxylation is 3. The van der Waals surface area contributed by atoms with Crippen molar-refractivity contribution < 1.29 is 9.53 Å². The molecule has 1 aliphatic rings. The molecule has 0 aliphatic carbocycles. The van der Waals surface area contributed by atoms with Crippen LogP contribution < -0.4 is 10.3 Å². The van der Waals surface area contributed by atoms with Gasteiger partial charge in [-0.2, -0.15) is 0 Å².